The number of primary amides is 2. The highest BCUT2D eigenvalue weighted by Crippen LogP contribution is 2.33. The smallest absolute Gasteiger partial charge is 0.269 e. The van der Waals surface area contributed by atoms with Gasteiger partial charge in [0.15, 0.2) is 17.0 Å². The number of aromatic nitrogens is 5. The van der Waals surface area contributed by atoms with Crippen molar-refractivity contribution < 1.29 is 28.7 Å². The Labute approximate surface area is 263 Å². The number of hydrogen-bond donors (Lipinski definition) is 3. The predicted molar refractivity (Wildman–Crippen MR) is 166 cm³/mol. The second kappa shape index (κ2) is 11.9. The molecule has 1 aliphatic carbocycles. The predicted octanol–water partition coefficient (Wildman–Crippen LogP) is 3.04. The molecule has 7 rings (SSSR count). The third kappa shape index (κ3) is 5.93. The van der Waals surface area contributed by atoms with Crippen LogP contribution >= 0.6 is 0 Å². The Morgan fingerprint density at radius 3 is 2.57 bits per heavy atom. The van der Waals surface area contributed by atoms with Crippen molar-refractivity contribution in [3.63, 3.8) is 0 Å². The van der Waals surface area contributed by atoms with Crippen LogP contribution in [0.15, 0.2) is 71.5 Å². The molecule has 0 spiro atoms. The Bertz CT molecular complexity index is 1980. The number of hydrogen-bond acceptors (Lipinski definition) is 9. The first-order valence-electron chi connectivity index (χ1n) is 14.4. The average Bonchev–Trinajstić information content (AvgIpc) is 3.75. The first kappa shape index (κ1) is 30.2. The molecule has 4 aromatic rings. The van der Waals surface area contributed by atoms with E-state index in [0.29, 0.717) is 35.1 Å². The quantitative estimate of drug-likeness (QED) is 0.289. The first-order chi connectivity index (χ1) is 22.0. The molecule has 0 radical (unpaired) electrons. The Kier molecular flexibility index (Phi) is 7.81. The van der Waals surface area contributed by atoms with Gasteiger partial charge in [0.25, 0.3) is 11.8 Å². The molecular weight excluding hydrogens is 590 g/mol. The number of allylic oxidation sites excluding steroid dienone is 2. The Balaban J connectivity index is 0.000000185. The third-order valence-corrected chi connectivity index (χ3v) is 7.58. The lowest BCUT2D eigenvalue weighted by Crippen LogP contribution is -2.25. The summed E-state index contributed by atoms with van der Waals surface area (Å²) >= 11 is 0. The van der Waals surface area contributed by atoms with Crippen LogP contribution in [0.3, 0.4) is 0 Å². The monoisotopic (exact) mass is 621 g/mol. The molecule has 46 heavy (non-hydrogen) atoms. The average molecular weight is 622 g/mol. The van der Waals surface area contributed by atoms with Crippen molar-refractivity contribution in [3.05, 3.63) is 107 Å². The number of aliphatic hydroxyl groups is 1. The molecule has 0 bridgehead atoms. The van der Waals surface area contributed by atoms with Gasteiger partial charge in [-0.3, -0.25) is 14.3 Å². The van der Waals surface area contributed by atoms with Crippen LogP contribution in [0.1, 0.15) is 75.2 Å². The highest BCUT2D eigenvalue weighted by atomic mass is 16.5. The minimum absolute atomic E-state index is 0.0219. The molecule has 0 fully saturated rings. The third-order valence-electron chi connectivity index (χ3n) is 7.58. The van der Waals surface area contributed by atoms with E-state index in [-0.39, 0.29) is 29.5 Å². The number of carbonyl (C=O) groups is 2. The van der Waals surface area contributed by atoms with E-state index in [1.807, 2.05) is 31.2 Å². The lowest BCUT2D eigenvalue weighted by atomic mass is 10.0. The van der Waals surface area contributed by atoms with Gasteiger partial charge in [-0.1, -0.05) is 42.1 Å². The van der Waals surface area contributed by atoms with Crippen LogP contribution in [0, 0.1) is 18.8 Å². The van der Waals surface area contributed by atoms with Gasteiger partial charge in [0.2, 0.25) is 0 Å². The summed E-state index contributed by atoms with van der Waals surface area (Å²) in [5, 5.41) is 23.0. The SMILES string of the molecule is Cc1cc([C@@](C)(O)C#Cc2ccc3c(c2)-n2nc(C(N)=O)cc2[C@H](C)CO3)no1.NC(=O)c1cc2n(n1)C1C=CC=CC1OC=C2. The summed E-state index contributed by atoms with van der Waals surface area (Å²) in [5.41, 5.74) is 12.9. The fraction of sp³-hybridized carbons (Fsp3) is 0.242. The molecule has 1 aromatic carbocycles. The number of ether oxygens (including phenoxy) is 2. The lowest BCUT2D eigenvalue weighted by Gasteiger charge is -2.22. The summed E-state index contributed by atoms with van der Waals surface area (Å²) in [4.78, 5) is 22.7. The van der Waals surface area contributed by atoms with E-state index in [4.69, 9.17) is 25.5 Å². The van der Waals surface area contributed by atoms with Crippen molar-refractivity contribution in [1.29, 1.82) is 0 Å². The lowest BCUT2D eigenvalue weighted by molar-refractivity contribution is 0.0985. The number of aryl methyl sites for hydroxylation is 1. The van der Waals surface area contributed by atoms with Crippen molar-refractivity contribution in [1.82, 2.24) is 24.7 Å². The number of amides is 2. The second-order valence-corrected chi connectivity index (χ2v) is 11.2. The van der Waals surface area contributed by atoms with E-state index >= 15 is 0 Å². The summed E-state index contributed by atoms with van der Waals surface area (Å²) in [6.45, 7) is 5.73. The Morgan fingerprint density at radius 2 is 1.83 bits per heavy atom. The molecule has 2 unspecified atom stereocenters. The summed E-state index contributed by atoms with van der Waals surface area (Å²) in [6.07, 6.45) is 11.1. The zero-order chi connectivity index (χ0) is 32.6. The molecule has 5 N–H and O–H groups in total. The standard InChI is InChI=1S/C21H20N4O4.C12H11N3O2/c1-12-11-28-18-5-4-14(6-7-21(3,27)19-8-13(2)29-24-19)9-17(18)25-16(12)10-15(23-25)20(22)26;13-12(16)9-7-8-5-6-17-11-4-2-1-3-10(11)15(8)14-9/h4-5,8-10,12,27H,11H2,1-3H3,(H2,22,26);1-7,10-11H,(H2,13,16)/t12-,21+;/m1./s1. The molecule has 3 aromatic heterocycles. The van der Waals surface area contributed by atoms with E-state index in [2.05, 4.69) is 27.2 Å². The fourth-order valence-corrected chi connectivity index (χ4v) is 5.11. The molecular formula is C33H31N7O6. The zero-order valence-corrected chi connectivity index (χ0v) is 25.2. The maximum absolute atomic E-state index is 11.6. The van der Waals surface area contributed by atoms with Crippen LogP contribution in [0.2, 0.25) is 0 Å². The number of rotatable bonds is 3. The number of carbonyl (C=O) groups excluding carboxylic acids is 2. The number of nitrogens with two attached hydrogens (primary N) is 2. The molecule has 234 valence electrons. The van der Waals surface area contributed by atoms with Crippen LogP contribution in [0.5, 0.6) is 5.75 Å². The largest absolute Gasteiger partial charge is 0.491 e. The van der Waals surface area contributed by atoms with Gasteiger partial charge in [-0.25, -0.2) is 4.68 Å². The minimum atomic E-state index is -1.47. The molecule has 0 saturated heterocycles. The van der Waals surface area contributed by atoms with Crippen LogP contribution < -0.4 is 16.2 Å². The van der Waals surface area contributed by atoms with Gasteiger partial charge in [-0.15, -0.1) is 0 Å². The van der Waals surface area contributed by atoms with Gasteiger partial charge in [0, 0.05) is 17.5 Å². The zero-order valence-electron chi connectivity index (χ0n) is 25.2. The number of nitrogens with zero attached hydrogens (tertiary/aromatic N) is 5. The van der Waals surface area contributed by atoms with E-state index in [9.17, 15) is 14.7 Å². The van der Waals surface area contributed by atoms with Crippen molar-refractivity contribution in [2.75, 3.05) is 6.61 Å². The highest BCUT2D eigenvalue weighted by Gasteiger charge is 2.28. The maximum atomic E-state index is 11.6. The summed E-state index contributed by atoms with van der Waals surface area (Å²) < 4.78 is 19.9. The molecule has 3 aliphatic rings. The van der Waals surface area contributed by atoms with Crippen molar-refractivity contribution >= 4 is 17.9 Å². The van der Waals surface area contributed by atoms with Gasteiger partial charge < -0.3 is 30.6 Å². The topological polar surface area (TPSA) is 187 Å². The number of fused-ring (bicyclic) bond motifs is 6. The van der Waals surface area contributed by atoms with Gasteiger partial charge in [0.05, 0.1) is 24.3 Å². The van der Waals surface area contributed by atoms with Crippen molar-refractivity contribution in [2.24, 2.45) is 11.5 Å². The van der Waals surface area contributed by atoms with Crippen molar-refractivity contribution in [3.8, 4) is 23.3 Å². The van der Waals surface area contributed by atoms with E-state index in [0.717, 1.165) is 11.4 Å². The van der Waals surface area contributed by atoms with Crippen LogP contribution in [0.25, 0.3) is 11.8 Å². The van der Waals surface area contributed by atoms with Gasteiger partial charge in [-0.05, 0) is 56.3 Å². The second-order valence-electron chi connectivity index (χ2n) is 11.2. The van der Waals surface area contributed by atoms with E-state index in [1.54, 1.807) is 71.9 Å². The molecule has 4 atom stereocenters. The van der Waals surface area contributed by atoms with Crippen LogP contribution in [0.4, 0.5) is 0 Å². The van der Waals surface area contributed by atoms with Crippen LogP contribution in [-0.4, -0.2) is 54.3 Å². The first-order valence-corrected chi connectivity index (χ1v) is 14.4. The molecule has 13 heteroatoms. The molecule has 13 nitrogen and oxygen atoms in total. The Hall–Kier alpha value is -5.87. The molecule has 5 heterocycles. The number of benzene rings is 1. The highest BCUT2D eigenvalue weighted by molar-refractivity contribution is 5.91. The van der Waals surface area contributed by atoms with Gasteiger partial charge in [0.1, 0.15) is 35.0 Å². The molecule has 2 amide bonds. The van der Waals surface area contributed by atoms with Gasteiger partial charge >= 0.3 is 0 Å². The minimum Gasteiger partial charge on any atom is -0.491 e. The summed E-state index contributed by atoms with van der Waals surface area (Å²) in [5.74, 6) is 5.92. The van der Waals surface area contributed by atoms with E-state index < -0.39 is 17.4 Å². The molecule has 0 saturated carbocycles. The van der Waals surface area contributed by atoms with E-state index in [1.165, 1.54) is 0 Å². The maximum Gasteiger partial charge on any atom is 0.269 e. The molecule has 2 aliphatic heterocycles. The van der Waals surface area contributed by atoms with Gasteiger partial charge in [-0.2, -0.15) is 10.2 Å². The summed E-state index contributed by atoms with van der Waals surface area (Å²) in [6, 6.07) is 10.3. The fourth-order valence-electron chi connectivity index (χ4n) is 5.11. The van der Waals surface area contributed by atoms with Crippen molar-refractivity contribution in [2.45, 2.75) is 44.4 Å². The Morgan fingerprint density at radius 1 is 1.07 bits per heavy atom. The van der Waals surface area contributed by atoms with Crippen LogP contribution in [-0.2, 0) is 10.3 Å². The normalized spacial score (nSPS) is 19.9. The summed E-state index contributed by atoms with van der Waals surface area (Å²) in [7, 11) is 0.